The first kappa shape index (κ1) is 16.7. The van der Waals surface area contributed by atoms with E-state index in [0.29, 0.717) is 19.6 Å². The number of fused-ring (bicyclic) bond motifs is 2. The molecule has 0 aromatic heterocycles. The summed E-state index contributed by atoms with van der Waals surface area (Å²) in [4.78, 5) is 0. The second-order valence-corrected chi connectivity index (χ2v) is 6.02. The monoisotopic (exact) mass is 324 g/mol. The third-order valence-electron chi connectivity index (χ3n) is 4.12. The van der Waals surface area contributed by atoms with E-state index in [2.05, 4.69) is 49.4 Å². The maximum atomic E-state index is 9.74. The molecular weight excluding hydrogens is 300 g/mol. The molecular formula is C21H24O3. The SMILES string of the molecule is CCCCOC(O)CCOc1ccc2cc3ccccc3cc2c1. The van der Waals surface area contributed by atoms with Gasteiger partial charge in [0.25, 0.3) is 0 Å². The van der Waals surface area contributed by atoms with Crippen LogP contribution in [0.1, 0.15) is 26.2 Å². The molecule has 0 radical (unpaired) electrons. The van der Waals surface area contributed by atoms with Gasteiger partial charge in [0.15, 0.2) is 6.29 Å². The lowest BCUT2D eigenvalue weighted by molar-refractivity contribution is -0.108. The lowest BCUT2D eigenvalue weighted by Crippen LogP contribution is -2.16. The van der Waals surface area contributed by atoms with Gasteiger partial charge in [-0.3, -0.25) is 0 Å². The van der Waals surface area contributed by atoms with Crippen LogP contribution in [0.2, 0.25) is 0 Å². The maximum Gasteiger partial charge on any atom is 0.157 e. The first-order chi connectivity index (χ1) is 11.8. The average Bonchev–Trinajstić information content (AvgIpc) is 2.60. The Morgan fingerprint density at radius 3 is 2.33 bits per heavy atom. The molecule has 3 aromatic rings. The summed E-state index contributed by atoms with van der Waals surface area (Å²) in [5, 5.41) is 14.6. The number of aliphatic hydroxyl groups excluding tert-OH is 1. The Bertz CT molecular complexity index is 797. The molecule has 0 aliphatic rings. The molecule has 0 amide bonds. The minimum atomic E-state index is -0.749. The molecule has 0 fully saturated rings. The van der Waals surface area contributed by atoms with Crippen molar-refractivity contribution in [2.45, 2.75) is 32.5 Å². The van der Waals surface area contributed by atoms with Crippen LogP contribution in [0.5, 0.6) is 5.75 Å². The largest absolute Gasteiger partial charge is 0.493 e. The summed E-state index contributed by atoms with van der Waals surface area (Å²) < 4.78 is 11.1. The highest BCUT2D eigenvalue weighted by Crippen LogP contribution is 2.26. The van der Waals surface area contributed by atoms with E-state index in [9.17, 15) is 5.11 Å². The Morgan fingerprint density at radius 1 is 0.875 bits per heavy atom. The molecule has 1 N–H and O–H groups in total. The maximum absolute atomic E-state index is 9.74. The number of aliphatic hydroxyl groups is 1. The average molecular weight is 324 g/mol. The second-order valence-electron chi connectivity index (χ2n) is 6.02. The molecule has 0 aliphatic heterocycles. The fraction of sp³-hybridized carbons (Fsp3) is 0.333. The van der Waals surface area contributed by atoms with Crippen molar-refractivity contribution in [3.63, 3.8) is 0 Å². The van der Waals surface area contributed by atoms with Crippen LogP contribution in [-0.4, -0.2) is 24.6 Å². The van der Waals surface area contributed by atoms with E-state index in [1.54, 1.807) is 0 Å². The Morgan fingerprint density at radius 2 is 1.58 bits per heavy atom. The summed E-state index contributed by atoms with van der Waals surface area (Å²) in [5.74, 6) is 0.818. The van der Waals surface area contributed by atoms with Crippen molar-refractivity contribution < 1.29 is 14.6 Å². The van der Waals surface area contributed by atoms with Gasteiger partial charge in [-0.1, -0.05) is 43.7 Å². The topological polar surface area (TPSA) is 38.7 Å². The summed E-state index contributed by atoms with van der Waals surface area (Å²) >= 11 is 0. The van der Waals surface area contributed by atoms with Crippen molar-refractivity contribution in [3.05, 3.63) is 54.6 Å². The number of hydrogen-bond donors (Lipinski definition) is 1. The van der Waals surface area contributed by atoms with E-state index in [1.807, 2.05) is 12.1 Å². The molecule has 1 atom stereocenters. The quantitative estimate of drug-likeness (QED) is 0.364. The van der Waals surface area contributed by atoms with Gasteiger partial charge in [-0.2, -0.15) is 0 Å². The molecule has 3 heteroatoms. The van der Waals surface area contributed by atoms with Gasteiger partial charge < -0.3 is 14.6 Å². The van der Waals surface area contributed by atoms with Gasteiger partial charge in [-0.15, -0.1) is 0 Å². The van der Waals surface area contributed by atoms with Crippen LogP contribution in [-0.2, 0) is 4.74 Å². The van der Waals surface area contributed by atoms with Gasteiger partial charge in [0.05, 0.1) is 6.61 Å². The number of unbranched alkanes of at least 4 members (excludes halogenated alkanes) is 1. The van der Waals surface area contributed by atoms with Gasteiger partial charge in [-0.05, 0) is 52.2 Å². The van der Waals surface area contributed by atoms with Crippen LogP contribution < -0.4 is 4.74 Å². The Labute approximate surface area is 142 Å². The fourth-order valence-electron chi connectivity index (χ4n) is 2.73. The molecule has 24 heavy (non-hydrogen) atoms. The van der Waals surface area contributed by atoms with Crippen LogP contribution in [0.15, 0.2) is 54.6 Å². The summed E-state index contributed by atoms with van der Waals surface area (Å²) in [7, 11) is 0. The molecule has 3 rings (SSSR count). The van der Waals surface area contributed by atoms with E-state index in [4.69, 9.17) is 9.47 Å². The van der Waals surface area contributed by atoms with Gasteiger partial charge in [0.1, 0.15) is 5.75 Å². The van der Waals surface area contributed by atoms with E-state index in [-0.39, 0.29) is 0 Å². The summed E-state index contributed by atoms with van der Waals surface area (Å²) in [6, 6.07) is 18.8. The number of benzene rings is 3. The molecule has 0 bridgehead atoms. The van der Waals surface area contributed by atoms with Crippen molar-refractivity contribution in [2.75, 3.05) is 13.2 Å². The predicted molar refractivity (Wildman–Crippen MR) is 98.4 cm³/mol. The summed E-state index contributed by atoms with van der Waals surface area (Å²) in [6.07, 6.45) is 1.76. The molecule has 0 spiro atoms. The summed E-state index contributed by atoms with van der Waals surface area (Å²) in [5.41, 5.74) is 0. The molecule has 0 saturated heterocycles. The van der Waals surface area contributed by atoms with Crippen LogP contribution >= 0.6 is 0 Å². The zero-order valence-corrected chi connectivity index (χ0v) is 14.1. The standard InChI is InChI=1S/C21H24O3/c1-2-3-11-24-21(22)10-12-23-20-9-8-18-13-16-6-4-5-7-17(16)14-19(18)15-20/h4-9,13-15,21-22H,2-3,10-12H2,1H3. The zero-order chi connectivity index (χ0) is 16.8. The van der Waals surface area contributed by atoms with Crippen molar-refractivity contribution in [2.24, 2.45) is 0 Å². The minimum Gasteiger partial charge on any atom is -0.493 e. The summed E-state index contributed by atoms with van der Waals surface area (Å²) in [6.45, 7) is 3.13. The van der Waals surface area contributed by atoms with Crippen molar-refractivity contribution in [1.82, 2.24) is 0 Å². The molecule has 0 aliphatic carbocycles. The van der Waals surface area contributed by atoms with Crippen LogP contribution in [0, 0.1) is 0 Å². The van der Waals surface area contributed by atoms with E-state index >= 15 is 0 Å². The first-order valence-electron chi connectivity index (χ1n) is 8.61. The zero-order valence-electron chi connectivity index (χ0n) is 14.1. The molecule has 1 unspecified atom stereocenters. The second kappa shape index (κ2) is 8.13. The predicted octanol–water partition coefficient (Wildman–Crippen LogP) is 4.90. The van der Waals surface area contributed by atoms with Gasteiger partial charge >= 0.3 is 0 Å². The molecule has 3 nitrogen and oxygen atoms in total. The smallest absolute Gasteiger partial charge is 0.157 e. The lowest BCUT2D eigenvalue weighted by atomic mass is 10.0. The Balaban J connectivity index is 1.62. The highest BCUT2D eigenvalue weighted by Gasteiger charge is 2.05. The Hall–Kier alpha value is -2.10. The van der Waals surface area contributed by atoms with E-state index in [1.165, 1.54) is 16.2 Å². The molecule has 3 aromatic carbocycles. The van der Waals surface area contributed by atoms with Gasteiger partial charge in [0.2, 0.25) is 0 Å². The third kappa shape index (κ3) is 4.25. The van der Waals surface area contributed by atoms with Crippen LogP contribution in [0.4, 0.5) is 0 Å². The lowest BCUT2D eigenvalue weighted by Gasteiger charge is -2.13. The van der Waals surface area contributed by atoms with Crippen molar-refractivity contribution >= 4 is 21.5 Å². The van der Waals surface area contributed by atoms with Crippen LogP contribution in [0.3, 0.4) is 0 Å². The number of ether oxygens (including phenoxy) is 2. The number of rotatable bonds is 8. The van der Waals surface area contributed by atoms with Crippen LogP contribution in [0.25, 0.3) is 21.5 Å². The van der Waals surface area contributed by atoms with Gasteiger partial charge in [-0.25, -0.2) is 0 Å². The van der Waals surface area contributed by atoms with Gasteiger partial charge in [0, 0.05) is 13.0 Å². The number of hydrogen-bond acceptors (Lipinski definition) is 3. The fourth-order valence-corrected chi connectivity index (χ4v) is 2.73. The van der Waals surface area contributed by atoms with Crippen molar-refractivity contribution in [3.8, 4) is 5.75 Å². The molecule has 0 saturated carbocycles. The highest BCUT2D eigenvalue weighted by molar-refractivity contribution is 5.98. The molecule has 0 heterocycles. The first-order valence-corrected chi connectivity index (χ1v) is 8.61. The van der Waals surface area contributed by atoms with Crippen molar-refractivity contribution in [1.29, 1.82) is 0 Å². The molecule has 126 valence electrons. The third-order valence-corrected chi connectivity index (χ3v) is 4.12. The van der Waals surface area contributed by atoms with E-state index in [0.717, 1.165) is 24.0 Å². The normalized spacial score (nSPS) is 12.6. The van der Waals surface area contributed by atoms with E-state index < -0.39 is 6.29 Å². The Kier molecular flexibility index (Phi) is 5.68. The minimum absolute atomic E-state index is 0.437. The highest BCUT2D eigenvalue weighted by atomic mass is 16.6.